The molecule has 0 aromatic carbocycles. The molecule has 0 spiro atoms. The minimum Gasteiger partial charge on any atom is -0.476 e. The van der Waals surface area contributed by atoms with Crippen molar-refractivity contribution >= 4 is 29.9 Å². The average Bonchev–Trinajstić information content (AvgIpc) is 3.04. The van der Waals surface area contributed by atoms with Crippen LogP contribution in [0, 0.1) is 0 Å². The van der Waals surface area contributed by atoms with Gasteiger partial charge < -0.3 is 15.8 Å². The number of alkyl halides is 3. The number of likely N-dealkylation sites (N-methyl/N-ethyl adjacent to an activating group) is 1. The van der Waals surface area contributed by atoms with Gasteiger partial charge in [-0.15, -0.1) is 24.0 Å². The summed E-state index contributed by atoms with van der Waals surface area (Å²) in [7, 11) is 0. The first kappa shape index (κ1) is 22.7. The molecule has 1 fully saturated rings. The molecule has 3 N–H and O–H groups in total. The number of aromatic nitrogens is 1. The van der Waals surface area contributed by atoms with Gasteiger partial charge >= 0.3 is 6.18 Å². The van der Waals surface area contributed by atoms with Gasteiger partial charge in [-0.3, -0.25) is 9.89 Å². The summed E-state index contributed by atoms with van der Waals surface area (Å²) in [5.41, 5.74) is 5.01. The largest absolute Gasteiger partial charge is 0.476 e. The van der Waals surface area contributed by atoms with E-state index in [9.17, 15) is 13.2 Å². The molecule has 1 aliphatic heterocycles. The zero-order valence-corrected chi connectivity index (χ0v) is 17.0. The molecule has 0 aliphatic carbocycles. The summed E-state index contributed by atoms with van der Waals surface area (Å²) in [6.07, 6.45) is -1.33. The fourth-order valence-corrected chi connectivity index (χ4v) is 2.75. The molecule has 0 saturated carbocycles. The minimum absolute atomic E-state index is 0. The fourth-order valence-electron chi connectivity index (χ4n) is 2.75. The van der Waals surface area contributed by atoms with Gasteiger partial charge in [-0.05, 0) is 32.0 Å². The number of guanidine groups is 1. The summed E-state index contributed by atoms with van der Waals surface area (Å²) in [4.78, 5) is 10.3. The van der Waals surface area contributed by atoms with E-state index in [1.165, 1.54) is 12.5 Å². The number of nitrogens with one attached hydrogen (secondary N) is 1. The third kappa shape index (κ3) is 7.14. The smallest absolute Gasteiger partial charge is 0.417 e. The molecule has 1 saturated heterocycles. The van der Waals surface area contributed by atoms with Crippen molar-refractivity contribution < 1.29 is 17.9 Å². The Hall–Kier alpha value is -1.30. The summed E-state index contributed by atoms with van der Waals surface area (Å²) in [5, 5.41) is 2.92. The monoisotopic (exact) mass is 487 g/mol. The van der Waals surface area contributed by atoms with E-state index in [2.05, 4.69) is 27.1 Å². The van der Waals surface area contributed by atoms with E-state index >= 15 is 0 Å². The lowest BCUT2D eigenvalue weighted by Gasteiger charge is -2.20. The van der Waals surface area contributed by atoms with Crippen molar-refractivity contribution in [3.05, 3.63) is 23.9 Å². The van der Waals surface area contributed by atoms with E-state index in [4.69, 9.17) is 10.5 Å². The van der Waals surface area contributed by atoms with Gasteiger partial charge in [0.25, 0.3) is 0 Å². The summed E-state index contributed by atoms with van der Waals surface area (Å²) in [5.74, 6) is 0.474. The molecule has 2 heterocycles. The summed E-state index contributed by atoms with van der Waals surface area (Å²) in [6.45, 7) is 5.53. The highest BCUT2D eigenvalue weighted by Crippen LogP contribution is 2.29. The molecular formula is C16H25F3IN5O. The van der Waals surface area contributed by atoms with Crippen molar-refractivity contribution in [3.8, 4) is 5.88 Å². The molecule has 0 radical (unpaired) electrons. The first-order valence-corrected chi connectivity index (χ1v) is 8.34. The zero-order valence-electron chi connectivity index (χ0n) is 14.6. The lowest BCUT2D eigenvalue weighted by molar-refractivity contribution is -0.137. The highest BCUT2D eigenvalue weighted by Gasteiger charge is 2.30. The van der Waals surface area contributed by atoms with Crippen molar-refractivity contribution in [2.75, 3.05) is 32.8 Å². The maximum atomic E-state index is 12.4. The molecule has 10 heteroatoms. The van der Waals surface area contributed by atoms with Crippen molar-refractivity contribution in [2.24, 2.45) is 10.7 Å². The Balaban J connectivity index is 0.00000338. The van der Waals surface area contributed by atoms with Gasteiger partial charge in [0.05, 0.1) is 18.7 Å². The Kier molecular flexibility index (Phi) is 9.41. The Labute approximate surface area is 168 Å². The Bertz CT molecular complexity index is 568. The van der Waals surface area contributed by atoms with E-state index in [1.54, 1.807) is 0 Å². The summed E-state index contributed by atoms with van der Waals surface area (Å²) >= 11 is 0. The van der Waals surface area contributed by atoms with E-state index in [0.717, 1.165) is 31.8 Å². The highest BCUT2D eigenvalue weighted by molar-refractivity contribution is 14.0. The first-order chi connectivity index (χ1) is 11.9. The maximum Gasteiger partial charge on any atom is 0.417 e. The molecule has 1 aromatic heterocycles. The van der Waals surface area contributed by atoms with Crippen LogP contribution < -0.4 is 15.8 Å². The van der Waals surface area contributed by atoms with Crippen LogP contribution in [0.15, 0.2) is 23.3 Å². The van der Waals surface area contributed by atoms with Crippen LogP contribution >= 0.6 is 24.0 Å². The Morgan fingerprint density at radius 2 is 2.23 bits per heavy atom. The normalized spacial score (nSPS) is 18.5. The van der Waals surface area contributed by atoms with E-state index in [-0.39, 0.29) is 36.5 Å². The summed E-state index contributed by atoms with van der Waals surface area (Å²) in [6, 6.07) is 2.57. The van der Waals surface area contributed by atoms with Crippen LogP contribution in [0.25, 0.3) is 0 Å². The molecule has 2 rings (SSSR count). The molecule has 1 aliphatic rings. The molecule has 148 valence electrons. The molecular weight excluding hydrogens is 462 g/mol. The fraction of sp³-hybridized carbons (Fsp3) is 0.625. The standard InChI is InChI=1S/C16H24F3N5O.HI/c1-2-24-8-3-4-13(24)11-23-15(20)21-7-9-25-14-6-5-12(10-22-14)16(17,18)19;/h5-6,10,13H,2-4,7-9,11H2,1H3,(H3,20,21,23);1H. The zero-order chi connectivity index (χ0) is 18.3. The molecule has 1 aromatic rings. The number of hydrogen-bond donors (Lipinski definition) is 2. The van der Waals surface area contributed by atoms with Gasteiger partial charge in [-0.1, -0.05) is 6.92 Å². The van der Waals surface area contributed by atoms with Gasteiger partial charge in [-0.2, -0.15) is 13.2 Å². The first-order valence-electron chi connectivity index (χ1n) is 8.34. The predicted molar refractivity (Wildman–Crippen MR) is 105 cm³/mol. The quantitative estimate of drug-likeness (QED) is 0.268. The summed E-state index contributed by atoms with van der Waals surface area (Å²) < 4.78 is 42.6. The molecule has 1 unspecified atom stereocenters. The maximum absolute atomic E-state index is 12.4. The average molecular weight is 487 g/mol. The van der Waals surface area contributed by atoms with Gasteiger partial charge in [0.15, 0.2) is 5.96 Å². The van der Waals surface area contributed by atoms with Crippen LogP contribution in [0.3, 0.4) is 0 Å². The van der Waals surface area contributed by atoms with Gasteiger partial charge in [0.1, 0.15) is 6.61 Å². The molecule has 0 bridgehead atoms. The molecule has 6 nitrogen and oxygen atoms in total. The number of pyridine rings is 1. The van der Waals surface area contributed by atoms with Gasteiger partial charge in [0.2, 0.25) is 5.88 Å². The number of halogens is 4. The highest BCUT2D eigenvalue weighted by atomic mass is 127. The molecule has 0 amide bonds. The second-order valence-corrected chi connectivity index (χ2v) is 5.81. The minimum atomic E-state index is -4.40. The SMILES string of the molecule is CCN1CCCC1CN=C(N)NCCOc1ccc(C(F)(F)F)cn1.I. The second-order valence-electron chi connectivity index (χ2n) is 5.81. The lowest BCUT2D eigenvalue weighted by Crippen LogP contribution is -2.37. The lowest BCUT2D eigenvalue weighted by atomic mass is 10.2. The second kappa shape index (κ2) is 10.8. The van der Waals surface area contributed by atoms with Crippen LogP contribution in [0.1, 0.15) is 25.3 Å². The number of aliphatic imine (C=N–C) groups is 1. The predicted octanol–water partition coefficient (Wildman–Crippen LogP) is 2.49. The van der Waals surface area contributed by atoms with E-state index in [0.29, 0.717) is 25.1 Å². The topological polar surface area (TPSA) is 75.8 Å². The number of nitrogens with zero attached hydrogens (tertiary/aromatic N) is 3. The Morgan fingerprint density at radius 1 is 1.46 bits per heavy atom. The van der Waals surface area contributed by atoms with Gasteiger partial charge in [-0.25, -0.2) is 4.98 Å². The number of hydrogen-bond acceptors (Lipinski definition) is 4. The van der Waals surface area contributed by atoms with Crippen molar-refractivity contribution in [3.63, 3.8) is 0 Å². The van der Waals surface area contributed by atoms with Crippen LogP contribution in [0.2, 0.25) is 0 Å². The van der Waals surface area contributed by atoms with E-state index in [1.807, 2.05) is 0 Å². The number of likely N-dealkylation sites (tertiary alicyclic amines) is 1. The van der Waals surface area contributed by atoms with Crippen LogP contribution in [-0.2, 0) is 6.18 Å². The van der Waals surface area contributed by atoms with Crippen LogP contribution in [0.4, 0.5) is 13.2 Å². The van der Waals surface area contributed by atoms with Crippen LogP contribution in [-0.4, -0.2) is 54.7 Å². The third-order valence-corrected chi connectivity index (χ3v) is 4.10. The van der Waals surface area contributed by atoms with Crippen molar-refractivity contribution in [2.45, 2.75) is 32.0 Å². The number of rotatable bonds is 7. The van der Waals surface area contributed by atoms with Gasteiger partial charge in [0, 0.05) is 18.3 Å². The van der Waals surface area contributed by atoms with E-state index < -0.39 is 11.7 Å². The Morgan fingerprint density at radius 3 is 2.85 bits per heavy atom. The number of nitrogens with two attached hydrogens (primary N) is 1. The number of ether oxygens (including phenoxy) is 1. The third-order valence-electron chi connectivity index (χ3n) is 4.10. The molecule has 26 heavy (non-hydrogen) atoms. The van der Waals surface area contributed by atoms with Crippen molar-refractivity contribution in [1.82, 2.24) is 15.2 Å². The molecule has 1 atom stereocenters. The van der Waals surface area contributed by atoms with Crippen molar-refractivity contribution in [1.29, 1.82) is 0 Å². The van der Waals surface area contributed by atoms with Crippen LogP contribution in [0.5, 0.6) is 5.88 Å².